The predicted octanol–water partition coefficient (Wildman–Crippen LogP) is -5.95. The van der Waals surface area contributed by atoms with Gasteiger partial charge < -0.3 is 65.6 Å². The Labute approximate surface area is 172 Å². The van der Waals surface area contributed by atoms with E-state index < -0.39 is 81.3 Å². The number of aliphatic hydroxyl groups excluding tert-OH is 8. The van der Waals surface area contributed by atoms with Crippen LogP contribution in [0, 0.1) is 0 Å². The minimum Gasteiger partial charge on any atom is -0.394 e. The fourth-order valence-electron chi connectivity index (χ4n) is 2.15. The number of nitrogens with two attached hydrogens (primary N) is 1. The van der Waals surface area contributed by atoms with Crippen LogP contribution < -0.4 is 5.73 Å². The van der Waals surface area contributed by atoms with Gasteiger partial charge in [-0.2, -0.15) is 0 Å². The molecule has 0 aliphatic carbocycles. The summed E-state index contributed by atoms with van der Waals surface area (Å²) in [5.74, 6) is 0. The highest BCUT2D eigenvalue weighted by atomic mass is 35.5. The maximum absolute atomic E-state index is 10.5. The van der Waals surface area contributed by atoms with Crippen LogP contribution in [-0.4, -0.2) is 135 Å². The van der Waals surface area contributed by atoms with Crippen molar-refractivity contribution < 1.29 is 59.9 Å². The van der Waals surface area contributed by atoms with Gasteiger partial charge in [0, 0.05) is 0 Å². The molecule has 0 saturated carbocycles. The third kappa shape index (κ3) is 10.2. The predicted molar refractivity (Wildman–Crippen MR) is 97.0 cm³/mol. The number of aldehydes is 2. The zero-order chi connectivity index (χ0) is 21.9. The summed E-state index contributed by atoms with van der Waals surface area (Å²) in [5, 5.41) is 75.4. The molecule has 13 nitrogen and oxygen atoms in total. The van der Waals surface area contributed by atoms with E-state index in [9.17, 15) is 40.2 Å². The van der Waals surface area contributed by atoms with Gasteiger partial charge in [-0.1, -0.05) is 0 Å². The fraction of sp³-hybridized carbons (Fsp3) is 0.867. The Bertz CT molecular complexity index is 410. The van der Waals surface area contributed by atoms with Crippen LogP contribution in [0.25, 0.3) is 0 Å². The molecule has 0 aromatic carbocycles. The number of rotatable bonds is 16. The molecule has 0 aromatic heterocycles. The van der Waals surface area contributed by atoms with E-state index in [1.54, 1.807) is 0 Å². The van der Waals surface area contributed by atoms with Crippen LogP contribution in [0.2, 0.25) is 0 Å². The molecule has 10 N–H and O–H groups in total. The van der Waals surface area contributed by atoms with E-state index in [0.29, 0.717) is 0 Å². The van der Waals surface area contributed by atoms with E-state index in [1.807, 2.05) is 0 Å². The summed E-state index contributed by atoms with van der Waals surface area (Å²) >= 11 is 0. The highest BCUT2D eigenvalue weighted by molar-refractivity contribution is 5.85. The third-order valence-corrected chi connectivity index (χ3v) is 3.79. The molecule has 0 heterocycles. The molecule has 0 rings (SSSR count). The highest BCUT2D eigenvalue weighted by Crippen LogP contribution is 2.12. The maximum atomic E-state index is 10.5. The van der Waals surface area contributed by atoms with Gasteiger partial charge in [0.2, 0.25) is 0 Å². The number of carbonyl (C=O) groups excluding carboxylic acids is 2. The van der Waals surface area contributed by atoms with Crippen molar-refractivity contribution in [3.8, 4) is 0 Å². The van der Waals surface area contributed by atoms with Crippen molar-refractivity contribution in [2.45, 2.75) is 54.9 Å². The first-order chi connectivity index (χ1) is 13.1. The quantitative estimate of drug-likeness (QED) is 0.0993. The lowest BCUT2D eigenvalue weighted by atomic mass is 10.0. The van der Waals surface area contributed by atoms with Crippen LogP contribution in [0.1, 0.15) is 0 Å². The van der Waals surface area contributed by atoms with Crippen molar-refractivity contribution in [1.82, 2.24) is 0 Å². The van der Waals surface area contributed by atoms with Crippen LogP contribution in [0.4, 0.5) is 0 Å². The molecule has 0 unspecified atom stereocenters. The summed E-state index contributed by atoms with van der Waals surface area (Å²) < 4.78 is 10.3. The van der Waals surface area contributed by atoms with Crippen LogP contribution in [0.5, 0.6) is 0 Å². The number of carbonyl (C=O) groups is 2. The van der Waals surface area contributed by atoms with Crippen molar-refractivity contribution in [3.05, 3.63) is 0 Å². The van der Waals surface area contributed by atoms with Gasteiger partial charge in [0.25, 0.3) is 0 Å². The van der Waals surface area contributed by atoms with Gasteiger partial charge in [0.15, 0.2) is 12.6 Å². The lowest BCUT2D eigenvalue weighted by Crippen LogP contribution is -2.51. The maximum Gasteiger partial charge on any atom is 0.151 e. The summed E-state index contributed by atoms with van der Waals surface area (Å²) in [6.07, 6.45) is -13.9. The largest absolute Gasteiger partial charge is 0.394 e. The van der Waals surface area contributed by atoms with E-state index in [4.69, 9.17) is 25.4 Å². The van der Waals surface area contributed by atoms with Crippen molar-refractivity contribution in [2.24, 2.45) is 5.73 Å². The van der Waals surface area contributed by atoms with E-state index in [2.05, 4.69) is 0 Å². The Hall–Kier alpha value is -0.810. The Morgan fingerprint density at radius 3 is 1.28 bits per heavy atom. The number of aliphatic hydroxyl groups is 8. The Kier molecular flexibility index (Phi) is 16.7. The highest BCUT2D eigenvalue weighted by Gasteiger charge is 2.34. The van der Waals surface area contributed by atoms with Crippen LogP contribution in [0.15, 0.2) is 0 Å². The molecule has 14 heteroatoms. The number of ether oxygens (including phenoxy) is 2. The molecule has 0 saturated heterocycles. The van der Waals surface area contributed by atoms with E-state index >= 15 is 0 Å². The molecule has 29 heavy (non-hydrogen) atoms. The summed E-state index contributed by atoms with van der Waals surface area (Å²) in [6, 6.07) is -1.01. The Morgan fingerprint density at radius 1 is 0.724 bits per heavy atom. The van der Waals surface area contributed by atoms with Crippen LogP contribution in [-0.2, 0) is 19.1 Å². The molecule has 0 aliphatic rings. The normalized spacial score (nSPS) is 19.9. The van der Waals surface area contributed by atoms with Crippen molar-refractivity contribution >= 4 is 25.0 Å². The van der Waals surface area contributed by atoms with E-state index in [-0.39, 0.29) is 25.0 Å². The Balaban J connectivity index is 0. The molecule has 0 spiro atoms. The second-order valence-electron chi connectivity index (χ2n) is 6.09. The molecule has 0 radical (unpaired) electrons. The number of halogens is 1. The van der Waals surface area contributed by atoms with Gasteiger partial charge in [0.05, 0.1) is 32.5 Å². The van der Waals surface area contributed by atoms with Crippen LogP contribution >= 0.6 is 12.4 Å². The van der Waals surface area contributed by atoms with Crippen molar-refractivity contribution in [1.29, 1.82) is 0 Å². The summed E-state index contributed by atoms with van der Waals surface area (Å²) in [6.45, 7) is -2.56. The van der Waals surface area contributed by atoms with Gasteiger partial charge in [-0.25, -0.2) is 0 Å². The lowest BCUT2D eigenvalue weighted by Gasteiger charge is -2.30. The van der Waals surface area contributed by atoms with Gasteiger partial charge >= 0.3 is 0 Å². The topological polar surface area (TPSA) is 240 Å². The molecular formula is C15H30ClNO12. The fourth-order valence-corrected chi connectivity index (χ4v) is 2.15. The Morgan fingerprint density at radius 2 is 1.03 bits per heavy atom. The van der Waals surface area contributed by atoms with Crippen molar-refractivity contribution in [2.75, 3.05) is 26.4 Å². The second-order valence-corrected chi connectivity index (χ2v) is 6.09. The molecular weight excluding hydrogens is 422 g/mol. The SMILES string of the molecule is Cl.NC(CO[C@@H]([C@H](O)[C@H](O)C=O)[C@H](O)CO)CO[C@@H]([C@H](O)[C@H](O)C=O)[C@H](O)CO. The van der Waals surface area contributed by atoms with E-state index in [1.165, 1.54) is 0 Å². The summed E-state index contributed by atoms with van der Waals surface area (Å²) in [4.78, 5) is 21.1. The molecule has 174 valence electrons. The smallest absolute Gasteiger partial charge is 0.151 e. The zero-order valence-corrected chi connectivity index (χ0v) is 16.2. The van der Waals surface area contributed by atoms with E-state index in [0.717, 1.165) is 0 Å². The minimum absolute atomic E-state index is 0. The number of hydrogen-bond acceptors (Lipinski definition) is 13. The second kappa shape index (κ2) is 16.0. The van der Waals surface area contributed by atoms with Gasteiger partial charge in [0.1, 0.15) is 48.8 Å². The summed E-state index contributed by atoms with van der Waals surface area (Å²) in [7, 11) is 0. The molecule has 0 aliphatic heterocycles. The average molecular weight is 452 g/mol. The van der Waals surface area contributed by atoms with Gasteiger partial charge in [-0.3, -0.25) is 0 Å². The first-order valence-corrected chi connectivity index (χ1v) is 8.33. The minimum atomic E-state index is -1.89. The average Bonchev–Trinajstić information content (AvgIpc) is 2.71. The van der Waals surface area contributed by atoms with Crippen LogP contribution in [0.3, 0.4) is 0 Å². The lowest BCUT2D eigenvalue weighted by molar-refractivity contribution is -0.161. The molecule has 0 amide bonds. The first-order valence-electron chi connectivity index (χ1n) is 8.33. The first kappa shape index (κ1) is 30.4. The molecule has 0 bridgehead atoms. The molecule has 0 fully saturated rings. The van der Waals surface area contributed by atoms with Crippen molar-refractivity contribution in [3.63, 3.8) is 0 Å². The number of hydrogen-bond donors (Lipinski definition) is 9. The summed E-state index contributed by atoms with van der Waals surface area (Å²) in [5.41, 5.74) is 5.71. The van der Waals surface area contributed by atoms with Gasteiger partial charge in [-0.05, 0) is 0 Å². The third-order valence-electron chi connectivity index (χ3n) is 3.79. The monoisotopic (exact) mass is 451 g/mol. The zero-order valence-electron chi connectivity index (χ0n) is 15.4. The van der Waals surface area contributed by atoms with Gasteiger partial charge in [-0.15, -0.1) is 12.4 Å². The molecule has 0 aromatic rings. The molecule has 8 atom stereocenters. The standard InChI is InChI=1S/C15H29NO12.ClH/c16-7(5-27-14(10(23)3-19)12(25)8(21)1-17)6-28-15(11(24)4-20)13(26)9(22)2-18;/h1-2,7-15,19-26H,3-6,16H2;1H/t8-,9-,10-,11-,12-,13-,14-,15-;/m1./s1.